The lowest BCUT2D eigenvalue weighted by Gasteiger charge is -2.35. The van der Waals surface area contributed by atoms with Crippen molar-refractivity contribution in [2.24, 2.45) is 0 Å². The molecule has 0 spiro atoms. The fraction of sp³-hybridized carbons (Fsp3) is 0.240. The number of nitrogens with zero attached hydrogens (tertiary/aromatic N) is 1. The van der Waals surface area contributed by atoms with Crippen LogP contribution in [0.5, 0.6) is 11.5 Å². The number of sulfonamides is 1. The molecule has 1 atom stereocenters. The predicted octanol–water partition coefficient (Wildman–Crippen LogP) is 4.22. The molecule has 7 nitrogen and oxygen atoms in total. The summed E-state index contributed by atoms with van der Waals surface area (Å²) in [6, 6.07) is 17.1. The van der Waals surface area contributed by atoms with Crippen molar-refractivity contribution in [3.8, 4) is 11.5 Å². The lowest BCUT2D eigenvalue weighted by molar-refractivity contribution is -0.122. The van der Waals surface area contributed by atoms with Gasteiger partial charge in [-0.25, -0.2) is 8.42 Å². The first-order chi connectivity index (χ1) is 15.7. The van der Waals surface area contributed by atoms with Gasteiger partial charge in [0.2, 0.25) is 0 Å². The Morgan fingerprint density at radius 2 is 1.64 bits per heavy atom. The van der Waals surface area contributed by atoms with E-state index in [-0.39, 0.29) is 11.4 Å². The number of anilines is 2. The van der Waals surface area contributed by atoms with Crippen LogP contribution < -0.4 is 19.1 Å². The quantitative estimate of drug-likeness (QED) is 0.609. The summed E-state index contributed by atoms with van der Waals surface area (Å²) in [6.07, 6.45) is -1.02. The number of rotatable bonds is 5. The molecule has 0 aliphatic carbocycles. The highest BCUT2D eigenvalue weighted by Crippen LogP contribution is 2.38. The van der Waals surface area contributed by atoms with Crippen LogP contribution in [0.15, 0.2) is 65.6 Å². The van der Waals surface area contributed by atoms with Gasteiger partial charge in [0.15, 0.2) is 6.10 Å². The molecule has 1 N–H and O–H groups in total. The highest BCUT2D eigenvalue weighted by atomic mass is 32.2. The number of benzene rings is 3. The van der Waals surface area contributed by atoms with Crippen LogP contribution in [0.4, 0.5) is 11.4 Å². The number of hydrogen-bond donors (Lipinski definition) is 1. The summed E-state index contributed by atoms with van der Waals surface area (Å²) in [4.78, 5) is 13.2. The average molecular weight is 467 g/mol. The van der Waals surface area contributed by atoms with Crippen LogP contribution in [0.3, 0.4) is 0 Å². The summed E-state index contributed by atoms with van der Waals surface area (Å²) in [7, 11) is -2.43. The lowest BCUT2D eigenvalue weighted by Crippen LogP contribution is -2.48. The molecule has 0 unspecified atom stereocenters. The highest BCUT2D eigenvalue weighted by Gasteiger charge is 2.37. The minimum absolute atomic E-state index is 0.102. The molecule has 4 rings (SSSR count). The summed E-state index contributed by atoms with van der Waals surface area (Å²) in [5.74, 6) is 0.485. The van der Waals surface area contributed by atoms with Crippen molar-refractivity contribution in [1.29, 1.82) is 0 Å². The van der Waals surface area contributed by atoms with Crippen molar-refractivity contribution < 1.29 is 22.7 Å². The Hall–Kier alpha value is -3.52. The predicted molar refractivity (Wildman–Crippen MR) is 128 cm³/mol. The molecule has 0 radical (unpaired) electrons. The number of amides is 1. The molecule has 1 amide bonds. The van der Waals surface area contributed by atoms with Gasteiger partial charge in [-0.05, 0) is 86.0 Å². The maximum atomic E-state index is 13.5. The van der Waals surface area contributed by atoms with Gasteiger partial charge in [-0.2, -0.15) is 0 Å². The van der Waals surface area contributed by atoms with Crippen LogP contribution >= 0.6 is 0 Å². The second-order valence-corrected chi connectivity index (χ2v) is 10.0. The molecule has 1 heterocycles. The molecule has 172 valence electrons. The number of carbonyl (C=O) groups is 1. The number of methoxy groups -OCH3 is 1. The van der Waals surface area contributed by atoms with Crippen LogP contribution in [0.25, 0.3) is 0 Å². The number of aryl methyl sites for hydroxylation is 3. The van der Waals surface area contributed by atoms with Gasteiger partial charge in [0, 0.05) is 5.69 Å². The Labute approximate surface area is 194 Å². The topological polar surface area (TPSA) is 84.9 Å². The van der Waals surface area contributed by atoms with Gasteiger partial charge < -0.3 is 14.8 Å². The SMILES string of the molecule is COc1ccc(S(=O)(=O)N2C[C@H](C(=O)Nc3cc(C)cc(C)c3)Oc3cc(C)ccc32)cc1. The Morgan fingerprint density at radius 3 is 2.27 bits per heavy atom. The van der Waals surface area contributed by atoms with Gasteiger partial charge in [0.1, 0.15) is 11.5 Å². The van der Waals surface area contributed by atoms with Crippen molar-refractivity contribution in [3.63, 3.8) is 0 Å². The van der Waals surface area contributed by atoms with Crippen LogP contribution in [0.1, 0.15) is 16.7 Å². The molecule has 0 aromatic heterocycles. The largest absolute Gasteiger partial charge is 0.497 e. The Kier molecular flexibility index (Phi) is 6.03. The average Bonchev–Trinajstić information content (AvgIpc) is 2.77. The molecule has 3 aromatic carbocycles. The molecule has 0 saturated heterocycles. The summed E-state index contributed by atoms with van der Waals surface area (Å²) in [6.45, 7) is 5.62. The third-order valence-electron chi connectivity index (χ3n) is 5.41. The van der Waals surface area contributed by atoms with E-state index in [2.05, 4.69) is 5.32 Å². The molecule has 1 aliphatic rings. The summed E-state index contributed by atoms with van der Waals surface area (Å²) in [5, 5.41) is 2.86. The second kappa shape index (κ2) is 8.78. The van der Waals surface area contributed by atoms with Gasteiger partial charge in [0.25, 0.3) is 15.9 Å². The van der Waals surface area contributed by atoms with Crippen LogP contribution in [0, 0.1) is 20.8 Å². The number of nitrogens with one attached hydrogen (secondary N) is 1. The minimum atomic E-state index is -3.95. The van der Waals surface area contributed by atoms with Gasteiger partial charge in [-0.1, -0.05) is 12.1 Å². The smallest absolute Gasteiger partial charge is 0.267 e. The van der Waals surface area contributed by atoms with Crippen LogP contribution in [-0.4, -0.2) is 34.1 Å². The molecule has 8 heteroatoms. The van der Waals surface area contributed by atoms with Crippen molar-refractivity contribution in [1.82, 2.24) is 0 Å². The molecule has 0 saturated carbocycles. The van der Waals surface area contributed by atoms with Gasteiger partial charge in [0.05, 0.1) is 24.2 Å². The molecule has 1 aliphatic heterocycles. The Bertz CT molecular complexity index is 1280. The van der Waals surface area contributed by atoms with Crippen molar-refractivity contribution in [2.75, 3.05) is 23.3 Å². The zero-order chi connectivity index (χ0) is 23.8. The first-order valence-electron chi connectivity index (χ1n) is 10.5. The standard InChI is InChI=1S/C25H26N2O5S/c1-16-5-10-22-23(14-16)32-24(25(28)26-19-12-17(2)11-18(3)13-19)15-27(22)33(29,30)21-8-6-20(31-4)7-9-21/h5-14,24H,15H2,1-4H3,(H,26,28)/t24-/m1/s1. The van der Waals surface area contributed by atoms with E-state index >= 15 is 0 Å². The van der Waals surface area contributed by atoms with E-state index in [0.29, 0.717) is 22.9 Å². The van der Waals surface area contributed by atoms with E-state index in [9.17, 15) is 13.2 Å². The fourth-order valence-electron chi connectivity index (χ4n) is 3.87. The maximum Gasteiger partial charge on any atom is 0.267 e. The monoisotopic (exact) mass is 466 g/mol. The molecule has 33 heavy (non-hydrogen) atoms. The van der Waals surface area contributed by atoms with E-state index in [0.717, 1.165) is 16.7 Å². The highest BCUT2D eigenvalue weighted by molar-refractivity contribution is 7.92. The summed E-state index contributed by atoms with van der Waals surface area (Å²) < 4.78 is 39.4. The minimum Gasteiger partial charge on any atom is -0.497 e. The van der Waals surface area contributed by atoms with Crippen molar-refractivity contribution in [3.05, 3.63) is 77.4 Å². The summed E-state index contributed by atoms with van der Waals surface area (Å²) >= 11 is 0. The van der Waals surface area contributed by atoms with Crippen molar-refractivity contribution >= 4 is 27.3 Å². The maximum absolute atomic E-state index is 13.5. The molecular weight excluding hydrogens is 440 g/mol. The number of fused-ring (bicyclic) bond motifs is 1. The Balaban J connectivity index is 1.69. The number of carbonyl (C=O) groups excluding carboxylic acids is 1. The zero-order valence-corrected chi connectivity index (χ0v) is 19.8. The molecule has 0 bridgehead atoms. The van der Waals surface area contributed by atoms with Gasteiger partial charge in [-0.15, -0.1) is 0 Å². The van der Waals surface area contributed by atoms with E-state index in [1.54, 1.807) is 24.3 Å². The van der Waals surface area contributed by atoms with E-state index in [4.69, 9.17) is 9.47 Å². The normalized spacial score (nSPS) is 15.4. The van der Waals surface area contributed by atoms with Gasteiger partial charge in [-0.3, -0.25) is 9.10 Å². The number of ether oxygens (including phenoxy) is 2. The first kappa shape index (κ1) is 22.7. The van der Waals surface area contributed by atoms with Crippen LogP contribution in [0.2, 0.25) is 0 Å². The zero-order valence-electron chi connectivity index (χ0n) is 19.0. The lowest BCUT2D eigenvalue weighted by atomic mass is 10.1. The summed E-state index contributed by atoms with van der Waals surface area (Å²) in [5.41, 5.74) is 3.96. The molecular formula is C25H26N2O5S. The van der Waals surface area contributed by atoms with Gasteiger partial charge >= 0.3 is 0 Å². The first-order valence-corrected chi connectivity index (χ1v) is 11.9. The van der Waals surface area contributed by atoms with E-state index in [1.807, 2.05) is 45.0 Å². The second-order valence-electron chi connectivity index (χ2n) is 8.15. The molecule has 3 aromatic rings. The van der Waals surface area contributed by atoms with Crippen LogP contribution in [-0.2, 0) is 14.8 Å². The molecule has 0 fully saturated rings. The fourth-order valence-corrected chi connectivity index (χ4v) is 5.35. The number of hydrogen-bond acceptors (Lipinski definition) is 5. The third kappa shape index (κ3) is 4.66. The van der Waals surface area contributed by atoms with E-state index in [1.165, 1.54) is 23.5 Å². The van der Waals surface area contributed by atoms with Crippen molar-refractivity contribution in [2.45, 2.75) is 31.8 Å². The third-order valence-corrected chi connectivity index (χ3v) is 7.21. The van der Waals surface area contributed by atoms with E-state index < -0.39 is 22.0 Å². The Morgan fingerprint density at radius 1 is 0.970 bits per heavy atom.